The molecule has 1 aliphatic rings. The van der Waals surface area contributed by atoms with Gasteiger partial charge >= 0.3 is 0 Å². The van der Waals surface area contributed by atoms with Crippen molar-refractivity contribution in [3.63, 3.8) is 0 Å². The van der Waals surface area contributed by atoms with Crippen molar-refractivity contribution in [2.24, 2.45) is 5.73 Å². The molecule has 3 heteroatoms. The maximum absolute atomic E-state index is 6.23. The number of hydrogen-bond acceptors (Lipinski definition) is 3. The average molecular weight is 275 g/mol. The number of hydrogen-bond donors (Lipinski definition) is 1. The van der Waals surface area contributed by atoms with E-state index in [9.17, 15) is 0 Å². The summed E-state index contributed by atoms with van der Waals surface area (Å²) in [4.78, 5) is 7.06. The molecule has 1 aliphatic carbocycles. The predicted molar refractivity (Wildman–Crippen MR) is 84.4 cm³/mol. The largest absolute Gasteiger partial charge is 0.329 e. The Bertz CT molecular complexity index is 369. The summed E-state index contributed by atoms with van der Waals surface area (Å²) in [5.74, 6) is 0. The molecule has 0 radical (unpaired) electrons. The van der Waals surface area contributed by atoms with E-state index in [1.165, 1.54) is 44.9 Å². The number of likely N-dealkylation sites (N-methyl/N-ethyl adjacent to an activating group) is 1. The Morgan fingerprint density at radius 3 is 2.40 bits per heavy atom. The van der Waals surface area contributed by atoms with Crippen LogP contribution in [-0.4, -0.2) is 28.5 Å². The van der Waals surface area contributed by atoms with Gasteiger partial charge in [-0.05, 0) is 31.5 Å². The summed E-state index contributed by atoms with van der Waals surface area (Å²) in [6.07, 6.45) is 11.1. The molecule has 0 unspecified atom stereocenters. The maximum Gasteiger partial charge on any atom is 0.0544 e. The van der Waals surface area contributed by atoms with Crippen LogP contribution in [0.15, 0.2) is 24.4 Å². The third-order valence-electron chi connectivity index (χ3n) is 4.80. The Balaban J connectivity index is 2.12. The van der Waals surface area contributed by atoms with Crippen molar-refractivity contribution in [3.8, 4) is 0 Å². The van der Waals surface area contributed by atoms with Crippen molar-refractivity contribution < 1.29 is 0 Å². The highest BCUT2D eigenvalue weighted by atomic mass is 15.2. The van der Waals surface area contributed by atoms with Crippen molar-refractivity contribution >= 4 is 0 Å². The van der Waals surface area contributed by atoms with Crippen LogP contribution in [-0.2, 0) is 6.54 Å². The Morgan fingerprint density at radius 1 is 1.15 bits per heavy atom. The van der Waals surface area contributed by atoms with Crippen LogP contribution >= 0.6 is 0 Å². The number of rotatable bonds is 5. The van der Waals surface area contributed by atoms with Gasteiger partial charge < -0.3 is 5.73 Å². The lowest BCUT2D eigenvalue weighted by molar-refractivity contribution is 0.0631. The SMILES string of the molecule is CCN(Cc1ccccn1)C1(CN)CCCCCCC1. The molecule has 2 N–H and O–H groups in total. The molecule has 1 aromatic rings. The average Bonchev–Trinajstić information content (AvgIpc) is 2.47. The molecular weight excluding hydrogens is 246 g/mol. The second-order valence-electron chi connectivity index (χ2n) is 6.03. The van der Waals surface area contributed by atoms with Crippen LogP contribution in [0.4, 0.5) is 0 Å². The highest BCUT2D eigenvalue weighted by Gasteiger charge is 2.34. The van der Waals surface area contributed by atoms with Gasteiger partial charge in [-0.2, -0.15) is 0 Å². The first-order valence-corrected chi connectivity index (χ1v) is 8.16. The summed E-state index contributed by atoms with van der Waals surface area (Å²) in [6, 6.07) is 6.17. The quantitative estimate of drug-likeness (QED) is 0.896. The van der Waals surface area contributed by atoms with Crippen LogP contribution in [0.1, 0.15) is 57.6 Å². The maximum atomic E-state index is 6.23. The van der Waals surface area contributed by atoms with Gasteiger partial charge in [0.05, 0.1) is 5.69 Å². The molecule has 2 rings (SSSR count). The first kappa shape index (κ1) is 15.5. The number of nitrogens with zero attached hydrogens (tertiary/aromatic N) is 2. The van der Waals surface area contributed by atoms with Crippen LogP contribution in [0, 0.1) is 0 Å². The van der Waals surface area contributed by atoms with Gasteiger partial charge in [-0.15, -0.1) is 0 Å². The summed E-state index contributed by atoms with van der Waals surface area (Å²) in [7, 11) is 0. The number of aromatic nitrogens is 1. The van der Waals surface area contributed by atoms with Gasteiger partial charge in [0.15, 0.2) is 0 Å². The molecule has 112 valence electrons. The Labute approximate surface area is 123 Å². The molecule has 0 saturated heterocycles. The lowest BCUT2D eigenvalue weighted by Crippen LogP contribution is -2.53. The smallest absolute Gasteiger partial charge is 0.0544 e. The fourth-order valence-corrected chi connectivity index (χ4v) is 3.52. The summed E-state index contributed by atoms with van der Waals surface area (Å²) in [6.45, 7) is 5.00. The molecule has 3 nitrogen and oxygen atoms in total. The zero-order valence-corrected chi connectivity index (χ0v) is 12.9. The zero-order valence-electron chi connectivity index (χ0n) is 12.9. The molecule has 0 amide bonds. The van der Waals surface area contributed by atoms with E-state index in [0.29, 0.717) is 0 Å². The number of nitrogens with two attached hydrogens (primary N) is 1. The minimum absolute atomic E-state index is 0.187. The Hall–Kier alpha value is -0.930. The van der Waals surface area contributed by atoms with Gasteiger partial charge in [0.2, 0.25) is 0 Å². The molecule has 1 heterocycles. The number of pyridine rings is 1. The topological polar surface area (TPSA) is 42.2 Å². The summed E-state index contributed by atoms with van der Waals surface area (Å²) >= 11 is 0. The normalized spacial score (nSPS) is 19.6. The molecule has 20 heavy (non-hydrogen) atoms. The molecule has 1 saturated carbocycles. The molecule has 0 aromatic carbocycles. The van der Waals surface area contributed by atoms with Crippen molar-refractivity contribution in [1.82, 2.24) is 9.88 Å². The molecule has 1 aromatic heterocycles. The standard InChI is InChI=1S/C17H29N3/c1-2-20(14-16-10-6-9-13-19-16)17(15-18)11-7-4-3-5-8-12-17/h6,9-10,13H,2-5,7-8,11-12,14-15,18H2,1H3. The fourth-order valence-electron chi connectivity index (χ4n) is 3.52. The second kappa shape index (κ2) is 7.75. The molecule has 0 bridgehead atoms. The lowest BCUT2D eigenvalue weighted by atomic mass is 9.82. The first-order valence-electron chi connectivity index (χ1n) is 8.16. The van der Waals surface area contributed by atoms with Gasteiger partial charge in [0.1, 0.15) is 0 Å². The van der Waals surface area contributed by atoms with Gasteiger partial charge in [0.25, 0.3) is 0 Å². The van der Waals surface area contributed by atoms with Gasteiger partial charge in [0, 0.05) is 24.8 Å². The van der Waals surface area contributed by atoms with E-state index in [-0.39, 0.29) is 5.54 Å². The summed E-state index contributed by atoms with van der Waals surface area (Å²) in [5.41, 5.74) is 7.57. The summed E-state index contributed by atoms with van der Waals surface area (Å²) in [5, 5.41) is 0. The third kappa shape index (κ3) is 3.80. The lowest BCUT2D eigenvalue weighted by Gasteiger charge is -2.44. The van der Waals surface area contributed by atoms with Crippen molar-refractivity contribution in [2.75, 3.05) is 13.1 Å². The van der Waals surface area contributed by atoms with E-state index in [2.05, 4.69) is 28.9 Å². The van der Waals surface area contributed by atoms with E-state index in [1.54, 1.807) is 0 Å². The minimum Gasteiger partial charge on any atom is -0.329 e. The zero-order chi connectivity index (χ0) is 14.3. The van der Waals surface area contributed by atoms with E-state index in [4.69, 9.17) is 5.73 Å². The van der Waals surface area contributed by atoms with Crippen LogP contribution < -0.4 is 5.73 Å². The van der Waals surface area contributed by atoms with Crippen LogP contribution in [0.25, 0.3) is 0 Å². The highest BCUT2D eigenvalue weighted by molar-refractivity contribution is 5.05. The third-order valence-corrected chi connectivity index (χ3v) is 4.80. The van der Waals surface area contributed by atoms with Crippen LogP contribution in [0.3, 0.4) is 0 Å². The van der Waals surface area contributed by atoms with Crippen molar-refractivity contribution in [2.45, 2.75) is 64.0 Å². The van der Waals surface area contributed by atoms with E-state index >= 15 is 0 Å². The van der Waals surface area contributed by atoms with Gasteiger partial charge in [-0.3, -0.25) is 9.88 Å². The Morgan fingerprint density at radius 2 is 1.85 bits per heavy atom. The molecule has 0 atom stereocenters. The molecule has 0 aliphatic heterocycles. The summed E-state index contributed by atoms with van der Waals surface area (Å²) < 4.78 is 0. The predicted octanol–water partition coefficient (Wildman–Crippen LogP) is 3.35. The van der Waals surface area contributed by atoms with E-state index in [0.717, 1.165) is 25.3 Å². The highest BCUT2D eigenvalue weighted by Crippen LogP contribution is 2.32. The Kier molecular flexibility index (Phi) is 5.99. The minimum atomic E-state index is 0.187. The molecule has 1 fully saturated rings. The second-order valence-corrected chi connectivity index (χ2v) is 6.03. The van der Waals surface area contributed by atoms with E-state index in [1.807, 2.05) is 12.3 Å². The molecular formula is C17H29N3. The van der Waals surface area contributed by atoms with Crippen molar-refractivity contribution in [1.29, 1.82) is 0 Å². The van der Waals surface area contributed by atoms with Crippen molar-refractivity contribution in [3.05, 3.63) is 30.1 Å². The van der Waals surface area contributed by atoms with Crippen LogP contribution in [0.5, 0.6) is 0 Å². The van der Waals surface area contributed by atoms with Gasteiger partial charge in [-0.25, -0.2) is 0 Å². The van der Waals surface area contributed by atoms with Gasteiger partial charge in [-0.1, -0.05) is 45.1 Å². The van der Waals surface area contributed by atoms with Crippen LogP contribution in [0.2, 0.25) is 0 Å². The monoisotopic (exact) mass is 275 g/mol. The first-order chi connectivity index (χ1) is 9.80. The fraction of sp³-hybridized carbons (Fsp3) is 0.706. The molecule has 0 spiro atoms. The van der Waals surface area contributed by atoms with E-state index < -0.39 is 0 Å².